The van der Waals surface area contributed by atoms with Crippen molar-refractivity contribution in [3.8, 4) is 34.5 Å². The van der Waals surface area contributed by atoms with Crippen LogP contribution in [0.5, 0.6) is 23.3 Å². The number of nitrogens with zero attached hydrogens (tertiary/aromatic N) is 3. The quantitative estimate of drug-likeness (QED) is 0.706. The van der Waals surface area contributed by atoms with Gasteiger partial charge in [0.25, 0.3) is 0 Å². The van der Waals surface area contributed by atoms with Gasteiger partial charge < -0.3 is 14.2 Å². The second kappa shape index (κ2) is 6.76. The molecule has 0 atom stereocenters. The normalized spacial score (nSPS) is 10.6. The van der Waals surface area contributed by atoms with Gasteiger partial charge in [-0.1, -0.05) is 0 Å². The Hall–Kier alpha value is -3.16. The SMILES string of the molecule is COc1ccnc(Oc2cc(-c3c(F)cc(OC)cc3F)n(C)n2)c1. The summed E-state index contributed by atoms with van der Waals surface area (Å²) < 4.78 is 45.3. The minimum atomic E-state index is -0.758. The predicted molar refractivity (Wildman–Crippen MR) is 86.0 cm³/mol. The van der Waals surface area contributed by atoms with Gasteiger partial charge >= 0.3 is 0 Å². The Labute approximate surface area is 142 Å². The third kappa shape index (κ3) is 3.37. The molecule has 1 aromatic carbocycles. The van der Waals surface area contributed by atoms with Crippen molar-refractivity contribution in [2.24, 2.45) is 7.05 Å². The molecule has 0 N–H and O–H groups in total. The second-order valence-corrected chi connectivity index (χ2v) is 5.09. The third-order valence-corrected chi connectivity index (χ3v) is 3.52. The monoisotopic (exact) mass is 347 g/mol. The zero-order chi connectivity index (χ0) is 18.0. The minimum absolute atomic E-state index is 0.0953. The van der Waals surface area contributed by atoms with Crippen molar-refractivity contribution in [3.63, 3.8) is 0 Å². The van der Waals surface area contributed by atoms with Crippen LogP contribution in [0.3, 0.4) is 0 Å². The molecule has 25 heavy (non-hydrogen) atoms. The lowest BCUT2D eigenvalue weighted by Gasteiger charge is -2.07. The predicted octanol–water partition coefficient (Wildman–Crippen LogP) is 3.57. The van der Waals surface area contributed by atoms with Crippen molar-refractivity contribution < 1.29 is 23.0 Å². The van der Waals surface area contributed by atoms with Crippen LogP contribution in [0, 0.1) is 11.6 Å². The molecule has 2 aromatic heterocycles. The van der Waals surface area contributed by atoms with Crippen molar-refractivity contribution in [1.29, 1.82) is 0 Å². The molecule has 0 aliphatic rings. The van der Waals surface area contributed by atoms with Gasteiger partial charge in [-0.05, 0) is 6.07 Å². The average Bonchev–Trinajstić information content (AvgIpc) is 2.94. The van der Waals surface area contributed by atoms with Crippen molar-refractivity contribution in [3.05, 3.63) is 48.2 Å². The first-order valence-corrected chi connectivity index (χ1v) is 7.27. The Kier molecular flexibility index (Phi) is 4.51. The van der Waals surface area contributed by atoms with Crippen LogP contribution in [-0.2, 0) is 7.05 Å². The van der Waals surface area contributed by atoms with Crippen LogP contribution in [-0.4, -0.2) is 29.0 Å². The van der Waals surface area contributed by atoms with Gasteiger partial charge in [0.05, 0.1) is 25.5 Å². The fraction of sp³-hybridized carbons (Fsp3) is 0.176. The lowest BCUT2D eigenvalue weighted by molar-refractivity contribution is 0.400. The Bertz CT molecular complexity index is 889. The molecule has 2 heterocycles. The first kappa shape index (κ1) is 16.7. The summed E-state index contributed by atoms with van der Waals surface area (Å²) in [7, 11) is 4.42. The van der Waals surface area contributed by atoms with E-state index in [-0.39, 0.29) is 28.8 Å². The molecule has 0 bridgehead atoms. The molecule has 0 saturated heterocycles. The van der Waals surface area contributed by atoms with Gasteiger partial charge in [-0.2, -0.15) is 0 Å². The second-order valence-electron chi connectivity index (χ2n) is 5.09. The van der Waals surface area contributed by atoms with Crippen LogP contribution in [0.25, 0.3) is 11.3 Å². The molecule has 0 unspecified atom stereocenters. The van der Waals surface area contributed by atoms with Crippen LogP contribution < -0.4 is 14.2 Å². The molecule has 8 heteroatoms. The van der Waals surface area contributed by atoms with Gasteiger partial charge in [0.15, 0.2) is 0 Å². The highest BCUT2D eigenvalue weighted by atomic mass is 19.1. The molecular weight excluding hydrogens is 332 g/mol. The molecular formula is C17H15F2N3O3. The van der Waals surface area contributed by atoms with Gasteiger partial charge in [-0.15, -0.1) is 5.10 Å². The van der Waals surface area contributed by atoms with Crippen LogP contribution in [0.2, 0.25) is 0 Å². The van der Waals surface area contributed by atoms with Crippen molar-refractivity contribution in [1.82, 2.24) is 14.8 Å². The van der Waals surface area contributed by atoms with Gasteiger partial charge in [0.1, 0.15) is 23.1 Å². The van der Waals surface area contributed by atoms with E-state index in [0.717, 1.165) is 12.1 Å². The number of hydrogen-bond donors (Lipinski definition) is 0. The number of rotatable bonds is 5. The lowest BCUT2D eigenvalue weighted by Crippen LogP contribution is -1.99. The first-order chi connectivity index (χ1) is 12.0. The van der Waals surface area contributed by atoms with Gasteiger partial charge in [0.2, 0.25) is 11.8 Å². The summed E-state index contributed by atoms with van der Waals surface area (Å²) in [4.78, 5) is 4.04. The van der Waals surface area contributed by atoms with E-state index in [1.54, 1.807) is 19.2 Å². The summed E-state index contributed by atoms with van der Waals surface area (Å²) in [6.07, 6.45) is 1.51. The Morgan fingerprint density at radius 3 is 2.24 bits per heavy atom. The molecule has 3 rings (SSSR count). The summed E-state index contributed by atoms with van der Waals surface area (Å²) in [5, 5.41) is 4.11. The smallest absolute Gasteiger partial charge is 0.240 e. The first-order valence-electron chi connectivity index (χ1n) is 7.27. The van der Waals surface area contributed by atoms with Crippen LogP contribution in [0.4, 0.5) is 8.78 Å². The molecule has 0 amide bonds. The Morgan fingerprint density at radius 1 is 0.920 bits per heavy atom. The molecule has 130 valence electrons. The van der Waals surface area contributed by atoms with E-state index in [0.29, 0.717) is 5.75 Å². The van der Waals surface area contributed by atoms with Crippen molar-refractivity contribution >= 4 is 0 Å². The maximum Gasteiger partial charge on any atom is 0.240 e. The maximum absolute atomic E-state index is 14.3. The van der Waals surface area contributed by atoms with Crippen LogP contribution >= 0.6 is 0 Å². The summed E-state index contributed by atoms with van der Waals surface area (Å²) in [6, 6.07) is 6.88. The fourth-order valence-electron chi connectivity index (χ4n) is 2.32. The molecule has 0 aliphatic carbocycles. The van der Waals surface area contributed by atoms with Crippen LogP contribution in [0.15, 0.2) is 36.5 Å². The number of ether oxygens (including phenoxy) is 3. The highest BCUT2D eigenvalue weighted by molar-refractivity contribution is 5.63. The summed E-state index contributed by atoms with van der Waals surface area (Å²) >= 11 is 0. The van der Waals surface area contributed by atoms with Gasteiger partial charge in [-0.25, -0.2) is 13.8 Å². The number of halogens is 2. The van der Waals surface area contributed by atoms with E-state index < -0.39 is 11.6 Å². The largest absolute Gasteiger partial charge is 0.497 e. The summed E-state index contributed by atoms with van der Waals surface area (Å²) in [6.45, 7) is 0. The van der Waals surface area contributed by atoms with Gasteiger partial charge in [-0.3, -0.25) is 4.68 Å². The highest BCUT2D eigenvalue weighted by Crippen LogP contribution is 2.32. The number of benzene rings is 1. The van der Waals surface area contributed by atoms with E-state index in [4.69, 9.17) is 14.2 Å². The molecule has 0 aliphatic heterocycles. The van der Waals surface area contributed by atoms with E-state index in [9.17, 15) is 8.78 Å². The average molecular weight is 347 g/mol. The lowest BCUT2D eigenvalue weighted by atomic mass is 10.1. The third-order valence-electron chi connectivity index (χ3n) is 3.52. The van der Waals surface area contributed by atoms with Crippen molar-refractivity contribution in [2.45, 2.75) is 0 Å². The topological polar surface area (TPSA) is 58.4 Å². The number of pyridine rings is 1. The Morgan fingerprint density at radius 2 is 1.60 bits per heavy atom. The summed E-state index contributed by atoms with van der Waals surface area (Å²) in [5.74, 6) is -0.462. The molecule has 0 radical (unpaired) electrons. The summed E-state index contributed by atoms with van der Waals surface area (Å²) in [5.41, 5.74) is -0.000185. The zero-order valence-electron chi connectivity index (χ0n) is 13.8. The van der Waals surface area contributed by atoms with Crippen molar-refractivity contribution in [2.75, 3.05) is 14.2 Å². The fourth-order valence-corrected chi connectivity index (χ4v) is 2.32. The molecule has 0 saturated carbocycles. The number of aryl methyl sites for hydroxylation is 1. The molecule has 3 aromatic rings. The molecule has 0 fully saturated rings. The minimum Gasteiger partial charge on any atom is -0.497 e. The van der Waals surface area contributed by atoms with E-state index >= 15 is 0 Å². The van der Waals surface area contributed by atoms with Crippen LogP contribution in [0.1, 0.15) is 0 Å². The van der Waals surface area contributed by atoms with Gasteiger partial charge in [0, 0.05) is 37.5 Å². The standard InChI is InChI=1S/C17H15F2N3O3/c1-22-14(17-12(18)6-11(24-3)7-13(17)19)9-16(21-22)25-15-8-10(23-2)4-5-20-15/h4-9H,1-3H3. The number of aromatic nitrogens is 3. The number of hydrogen-bond acceptors (Lipinski definition) is 5. The highest BCUT2D eigenvalue weighted by Gasteiger charge is 2.19. The molecule has 0 spiro atoms. The van der Waals surface area contributed by atoms with E-state index in [1.807, 2.05) is 0 Å². The zero-order valence-corrected chi connectivity index (χ0v) is 13.8. The molecule has 6 nitrogen and oxygen atoms in total. The van der Waals surface area contributed by atoms with E-state index in [2.05, 4.69) is 10.1 Å². The number of methoxy groups -OCH3 is 2. The maximum atomic E-state index is 14.3. The van der Waals surface area contributed by atoms with E-state index in [1.165, 1.54) is 31.2 Å². The Balaban J connectivity index is 1.95.